The Labute approximate surface area is 103 Å². The highest BCUT2D eigenvalue weighted by Gasteiger charge is 2.07. The molecule has 0 spiro atoms. The molecule has 0 atom stereocenters. The minimum atomic E-state index is 0.282. The van der Waals surface area contributed by atoms with E-state index < -0.39 is 0 Å². The third-order valence-electron chi connectivity index (χ3n) is 2.28. The number of anilines is 1. The molecule has 96 valence electrons. The van der Waals surface area contributed by atoms with Gasteiger partial charge in [0.2, 0.25) is 5.88 Å². The van der Waals surface area contributed by atoms with E-state index in [1.807, 2.05) is 0 Å². The van der Waals surface area contributed by atoms with E-state index in [-0.39, 0.29) is 5.92 Å². The molecule has 17 heavy (non-hydrogen) atoms. The largest absolute Gasteiger partial charge is 0.481 e. The second kappa shape index (κ2) is 7.06. The van der Waals surface area contributed by atoms with Gasteiger partial charge < -0.3 is 14.8 Å². The molecule has 1 aromatic heterocycles. The van der Waals surface area contributed by atoms with Crippen LogP contribution in [0, 0.1) is 0 Å². The van der Waals surface area contributed by atoms with Crippen LogP contribution < -0.4 is 10.1 Å². The lowest BCUT2D eigenvalue weighted by molar-refractivity contribution is 0.197. The van der Waals surface area contributed by atoms with Gasteiger partial charge in [-0.15, -0.1) is 0 Å². The summed E-state index contributed by atoms with van der Waals surface area (Å²) in [6, 6.07) is 1.80. The minimum absolute atomic E-state index is 0.282. The summed E-state index contributed by atoms with van der Waals surface area (Å²) in [6.45, 7) is 5.69. The third kappa shape index (κ3) is 4.56. The fourth-order valence-electron chi connectivity index (χ4n) is 1.33. The topological polar surface area (TPSA) is 56.3 Å². The van der Waals surface area contributed by atoms with Crippen LogP contribution in [0.15, 0.2) is 6.07 Å². The smallest absolute Gasteiger partial charge is 0.218 e. The van der Waals surface area contributed by atoms with Gasteiger partial charge >= 0.3 is 0 Å². The molecule has 0 amide bonds. The predicted octanol–water partition coefficient (Wildman–Crippen LogP) is 2.06. The highest BCUT2D eigenvalue weighted by Crippen LogP contribution is 2.18. The van der Waals surface area contributed by atoms with Crippen molar-refractivity contribution in [1.82, 2.24) is 9.97 Å². The summed E-state index contributed by atoms with van der Waals surface area (Å²) < 4.78 is 10.1. The highest BCUT2D eigenvalue weighted by atomic mass is 16.5. The molecule has 5 heteroatoms. The highest BCUT2D eigenvalue weighted by molar-refractivity contribution is 5.38. The van der Waals surface area contributed by atoms with Crippen LogP contribution in [-0.4, -0.2) is 37.3 Å². The van der Waals surface area contributed by atoms with Crippen LogP contribution >= 0.6 is 0 Å². The van der Waals surface area contributed by atoms with Crippen molar-refractivity contribution < 1.29 is 9.47 Å². The molecular formula is C12H21N3O2. The van der Waals surface area contributed by atoms with Crippen LogP contribution in [0.2, 0.25) is 0 Å². The Bertz CT molecular complexity index is 343. The molecule has 0 saturated carbocycles. The Hall–Kier alpha value is -1.36. The van der Waals surface area contributed by atoms with E-state index in [0.29, 0.717) is 5.88 Å². The maximum absolute atomic E-state index is 5.16. The lowest BCUT2D eigenvalue weighted by Gasteiger charge is -2.10. The molecule has 0 bridgehead atoms. The normalized spacial score (nSPS) is 10.6. The standard InChI is InChI=1S/C12H21N3O2/c1-9(2)12-14-10(8-11(15-12)17-4)13-6-5-7-16-3/h8-9H,5-7H2,1-4H3,(H,13,14,15). The second-order valence-corrected chi connectivity index (χ2v) is 4.08. The number of hydrogen-bond acceptors (Lipinski definition) is 5. The second-order valence-electron chi connectivity index (χ2n) is 4.08. The average Bonchev–Trinajstić information content (AvgIpc) is 2.34. The molecular weight excluding hydrogens is 218 g/mol. The van der Waals surface area contributed by atoms with Gasteiger partial charge in [-0.3, -0.25) is 0 Å². The molecule has 0 fully saturated rings. The summed E-state index contributed by atoms with van der Waals surface area (Å²) in [5.41, 5.74) is 0. The van der Waals surface area contributed by atoms with Gasteiger partial charge in [-0.05, 0) is 6.42 Å². The van der Waals surface area contributed by atoms with Gasteiger partial charge in [0.05, 0.1) is 7.11 Å². The Balaban J connectivity index is 2.66. The number of nitrogens with zero attached hydrogens (tertiary/aromatic N) is 2. The first-order chi connectivity index (χ1) is 8.17. The summed E-state index contributed by atoms with van der Waals surface area (Å²) in [5, 5.41) is 3.24. The molecule has 5 nitrogen and oxygen atoms in total. The SMILES string of the molecule is COCCCNc1cc(OC)nc(C(C)C)n1. The summed E-state index contributed by atoms with van der Waals surface area (Å²) in [5.74, 6) is 2.47. The van der Waals surface area contributed by atoms with Gasteiger partial charge in [0.25, 0.3) is 0 Å². The molecule has 1 aromatic rings. The molecule has 0 radical (unpaired) electrons. The molecule has 1 rings (SSSR count). The maximum atomic E-state index is 5.16. The Morgan fingerprint density at radius 1 is 1.29 bits per heavy atom. The molecule has 0 aliphatic rings. The van der Waals surface area contributed by atoms with Crippen molar-refractivity contribution in [1.29, 1.82) is 0 Å². The van der Waals surface area contributed by atoms with E-state index in [2.05, 4.69) is 29.1 Å². The van der Waals surface area contributed by atoms with E-state index in [1.54, 1.807) is 20.3 Å². The van der Waals surface area contributed by atoms with E-state index >= 15 is 0 Å². The van der Waals surface area contributed by atoms with Crippen LogP contribution in [0.1, 0.15) is 32.0 Å². The van der Waals surface area contributed by atoms with Crippen LogP contribution in [0.4, 0.5) is 5.82 Å². The number of aromatic nitrogens is 2. The molecule has 0 aromatic carbocycles. The van der Waals surface area contributed by atoms with Crippen molar-refractivity contribution >= 4 is 5.82 Å². The lowest BCUT2D eigenvalue weighted by atomic mass is 10.2. The summed E-state index contributed by atoms with van der Waals surface area (Å²) in [7, 11) is 3.31. The zero-order chi connectivity index (χ0) is 12.7. The van der Waals surface area contributed by atoms with E-state index in [9.17, 15) is 0 Å². The van der Waals surface area contributed by atoms with Crippen molar-refractivity contribution in [2.24, 2.45) is 0 Å². The molecule has 0 aliphatic heterocycles. The first-order valence-electron chi connectivity index (χ1n) is 5.83. The van der Waals surface area contributed by atoms with Gasteiger partial charge in [-0.25, -0.2) is 4.98 Å². The van der Waals surface area contributed by atoms with Crippen molar-refractivity contribution in [2.75, 3.05) is 32.7 Å². The number of nitrogens with one attached hydrogen (secondary N) is 1. The summed E-state index contributed by atoms with van der Waals surface area (Å²) in [6.07, 6.45) is 0.944. The van der Waals surface area contributed by atoms with Crippen LogP contribution in [0.5, 0.6) is 5.88 Å². The first kappa shape index (κ1) is 13.7. The van der Waals surface area contributed by atoms with Gasteiger partial charge in [0.15, 0.2) is 0 Å². The fraction of sp³-hybridized carbons (Fsp3) is 0.667. The molecule has 1 N–H and O–H groups in total. The predicted molar refractivity (Wildman–Crippen MR) is 67.7 cm³/mol. The molecule has 0 saturated heterocycles. The van der Waals surface area contributed by atoms with Gasteiger partial charge in [-0.2, -0.15) is 4.98 Å². The van der Waals surface area contributed by atoms with E-state index in [4.69, 9.17) is 9.47 Å². The van der Waals surface area contributed by atoms with Gasteiger partial charge in [-0.1, -0.05) is 13.8 Å². The number of ether oxygens (including phenoxy) is 2. The van der Waals surface area contributed by atoms with Crippen LogP contribution in [-0.2, 0) is 4.74 Å². The van der Waals surface area contributed by atoms with E-state index in [0.717, 1.165) is 31.2 Å². The number of rotatable bonds is 7. The average molecular weight is 239 g/mol. The van der Waals surface area contributed by atoms with Crippen LogP contribution in [0.25, 0.3) is 0 Å². The Morgan fingerprint density at radius 3 is 2.65 bits per heavy atom. The number of hydrogen-bond donors (Lipinski definition) is 1. The monoisotopic (exact) mass is 239 g/mol. The van der Waals surface area contributed by atoms with Crippen molar-refractivity contribution in [3.8, 4) is 5.88 Å². The molecule has 0 aliphatic carbocycles. The summed E-state index contributed by atoms with van der Waals surface area (Å²) in [4.78, 5) is 8.73. The minimum Gasteiger partial charge on any atom is -0.481 e. The van der Waals surface area contributed by atoms with Crippen molar-refractivity contribution in [3.63, 3.8) is 0 Å². The third-order valence-corrected chi connectivity index (χ3v) is 2.28. The quantitative estimate of drug-likeness (QED) is 0.738. The molecule has 1 heterocycles. The number of methoxy groups -OCH3 is 2. The lowest BCUT2D eigenvalue weighted by Crippen LogP contribution is -2.09. The zero-order valence-electron chi connectivity index (χ0n) is 11.0. The van der Waals surface area contributed by atoms with Crippen molar-refractivity contribution in [2.45, 2.75) is 26.2 Å². The fourth-order valence-corrected chi connectivity index (χ4v) is 1.33. The molecule has 0 unspecified atom stereocenters. The first-order valence-corrected chi connectivity index (χ1v) is 5.83. The summed E-state index contributed by atoms with van der Waals surface area (Å²) >= 11 is 0. The van der Waals surface area contributed by atoms with Gasteiger partial charge in [0.1, 0.15) is 11.6 Å². The Morgan fingerprint density at radius 2 is 2.06 bits per heavy atom. The zero-order valence-corrected chi connectivity index (χ0v) is 11.0. The van der Waals surface area contributed by atoms with Crippen molar-refractivity contribution in [3.05, 3.63) is 11.9 Å². The maximum Gasteiger partial charge on any atom is 0.218 e. The van der Waals surface area contributed by atoms with Crippen LogP contribution in [0.3, 0.4) is 0 Å². The van der Waals surface area contributed by atoms with E-state index in [1.165, 1.54) is 0 Å². The Kier molecular flexibility index (Phi) is 5.69. The van der Waals surface area contributed by atoms with Gasteiger partial charge in [0, 0.05) is 32.2 Å².